The number of carbonyl (C=O) groups excluding carboxylic acids is 1. The van der Waals surface area contributed by atoms with Gasteiger partial charge in [0.15, 0.2) is 0 Å². The molecule has 3 nitrogen and oxygen atoms in total. The summed E-state index contributed by atoms with van der Waals surface area (Å²) < 4.78 is 0. The first-order valence-corrected chi connectivity index (χ1v) is 6.37. The van der Waals surface area contributed by atoms with E-state index in [1.165, 1.54) is 0 Å². The van der Waals surface area contributed by atoms with E-state index in [0.717, 1.165) is 15.8 Å². The summed E-state index contributed by atoms with van der Waals surface area (Å²) in [6.07, 6.45) is 0. The van der Waals surface area contributed by atoms with Crippen molar-refractivity contribution in [3.05, 3.63) is 53.4 Å². The molecule has 0 fully saturated rings. The number of benzene rings is 1. The lowest BCUT2D eigenvalue weighted by atomic mass is 10.1. The largest absolute Gasteiger partial charge is 0.366 e. The van der Waals surface area contributed by atoms with Gasteiger partial charge in [0, 0.05) is 5.39 Å². The molecule has 0 saturated heterocycles. The Morgan fingerprint density at radius 2 is 2.00 bits per heavy atom. The Morgan fingerprint density at radius 1 is 1.17 bits per heavy atom. The van der Waals surface area contributed by atoms with Crippen LogP contribution in [0.1, 0.15) is 10.4 Å². The normalized spacial score (nSPS) is 10.7. The van der Waals surface area contributed by atoms with Crippen LogP contribution in [0.3, 0.4) is 0 Å². The number of rotatable bonds is 2. The minimum absolute atomic E-state index is 0.448. The first kappa shape index (κ1) is 10.9. The number of thiophene rings is 1. The van der Waals surface area contributed by atoms with Crippen molar-refractivity contribution in [3.8, 4) is 10.6 Å². The molecule has 2 aromatic heterocycles. The fourth-order valence-electron chi connectivity index (χ4n) is 1.90. The summed E-state index contributed by atoms with van der Waals surface area (Å²) in [4.78, 5) is 17.0. The number of para-hydroxylation sites is 1. The molecule has 4 heteroatoms. The number of primary amides is 1. The highest BCUT2D eigenvalue weighted by Gasteiger charge is 2.13. The molecule has 3 rings (SSSR count). The van der Waals surface area contributed by atoms with Gasteiger partial charge in [0.05, 0.1) is 21.7 Å². The van der Waals surface area contributed by atoms with Crippen LogP contribution in [0.15, 0.2) is 47.8 Å². The summed E-state index contributed by atoms with van der Waals surface area (Å²) in [6, 6.07) is 13.4. The molecule has 0 spiro atoms. The van der Waals surface area contributed by atoms with Gasteiger partial charge >= 0.3 is 0 Å². The number of amides is 1. The molecular formula is C14H10N2OS. The highest BCUT2D eigenvalue weighted by Crippen LogP contribution is 2.28. The SMILES string of the molecule is NC(=O)c1cc2ccccc2nc1-c1cccs1. The Hall–Kier alpha value is -2.20. The van der Waals surface area contributed by atoms with Crippen LogP contribution in [0.25, 0.3) is 21.5 Å². The molecule has 0 radical (unpaired) electrons. The number of aromatic nitrogens is 1. The van der Waals surface area contributed by atoms with E-state index in [9.17, 15) is 4.79 Å². The third-order valence-electron chi connectivity index (χ3n) is 2.74. The number of fused-ring (bicyclic) bond motifs is 1. The van der Waals surface area contributed by atoms with Crippen molar-refractivity contribution >= 4 is 28.1 Å². The molecule has 18 heavy (non-hydrogen) atoms. The quantitative estimate of drug-likeness (QED) is 0.764. The maximum absolute atomic E-state index is 11.5. The number of hydrogen-bond donors (Lipinski definition) is 1. The number of nitrogens with two attached hydrogens (primary N) is 1. The zero-order chi connectivity index (χ0) is 12.5. The fraction of sp³-hybridized carbons (Fsp3) is 0. The van der Waals surface area contributed by atoms with E-state index in [0.29, 0.717) is 11.3 Å². The lowest BCUT2D eigenvalue weighted by Crippen LogP contribution is -2.13. The van der Waals surface area contributed by atoms with Crippen LogP contribution >= 0.6 is 11.3 Å². The first-order valence-electron chi connectivity index (χ1n) is 5.49. The Balaban J connectivity index is 2.34. The minimum Gasteiger partial charge on any atom is -0.366 e. The van der Waals surface area contributed by atoms with Crippen LogP contribution in [0, 0.1) is 0 Å². The Labute approximate surface area is 108 Å². The van der Waals surface area contributed by atoms with Crippen LogP contribution < -0.4 is 5.73 Å². The van der Waals surface area contributed by atoms with Gasteiger partial charge in [-0.05, 0) is 23.6 Å². The van der Waals surface area contributed by atoms with E-state index in [4.69, 9.17) is 5.73 Å². The maximum Gasteiger partial charge on any atom is 0.250 e. The molecule has 0 saturated carbocycles. The molecule has 0 aliphatic heterocycles. The van der Waals surface area contributed by atoms with Crippen LogP contribution in [0.4, 0.5) is 0 Å². The Bertz CT molecular complexity index is 720. The average molecular weight is 254 g/mol. The summed E-state index contributed by atoms with van der Waals surface area (Å²) >= 11 is 1.55. The summed E-state index contributed by atoms with van der Waals surface area (Å²) in [5.41, 5.74) is 7.44. The van der Waals surface area contributed by atoms with Gasteiger partial charge in [0.1, 0.15) is 0 Å². The highest BCUT2D eigenvalue weighted by atomic mass is 32.1. The van der Waals surface area contributed by atoms with E-state index in [1.54, 1.807) is 17.4 Å². The molecular weight excluding hydrogens is 244 g/mol. The summed E-state index contributed by atoms with van der Waals surface area (Å²) in [5, 5.41) is 2.88. The van der Waals surface area contributed by atoms with E-state index in [-0.39, 0.29) is 0 Å². The lowest BCUT2D eigenvalue weighted by molar-refractivity contribution is 0.100. The van der Waals surface area contributed by atoms with Crippen LogP contribution in [0.5, 0.6) is 0 Å². The van der Waals surface area contributed by atoms with Crippen molar-refractivity contribution in [2.24, 2.45) is 5.73 Å². The second-order valence-corrected chi connectivity index (χ2v) is 4.87. The summed E-state index contributed by atoms with van der Waals surface area (Å²) in [5.74, 6) is -0.448. The number of pyridine rings is 1. The Morgan fingerprint density at radius 3 is 2.72 bits per heavy atom. The summed E-state index contributed by atoms with van der Waals surface area (Å²) in [6.45, 7) is 0. The predicted octanol–water partition coefficient (Wildman–Crippen LogP) is 3.06. The average Bonchev–Trinajstić information content (AvgIpc) is 2.91. The van der Waals surface area contributed by atoms with E-state index < -0.39 is 5.91 Å². The van der Waals surface area contributed by atoms with Crippen LogP contribution in [-0.2, 0) is 0 Å². The smallest absolute Gasteiger partial charge is 0.250 e. The van der Waals surface area contributed by atoms with E-state index >= 15 is 0 Å². The number of hydrogen-bond acceptors (Lipinski definition) is 3. The number of nitrogens with zero attached hydrogens (tertiary/aromatic N) is 1. The van der Waals surface area contributed by atoms with Gasteiger partial charge in [-0.15, -0.1) is 11.3 Å². The van der Waals surface area contributed by atoms with Gasteiger partial charge in [-0.1, -0.05) is 24.3 Å². The molecule has 3 aromatic rings. The third-order valence-corrected chi connectivity index (χ3v) is 3.62. The van der Waals surface area contributed by atoms with Crippen molar-refractivity contribution in [1.29, 1.82) is 0 Å². The van der Waals surface area contributed by atoms with Crippen LogP contribution in [-0.4, -0.2) is 10.9 Å². The molecule has 88 valence electrons. The van der Waals surface area contributed by atoms with E-state index in [1.807, 2.05) is 41.8 Å². The molecule has 0 aliphatic rings. The van der Waals surface area contributed by atoms with Gasteiger partial charge in [-0.2, -0.15) is 0 Å². The van der Waals surface area contributed by atoms with Crippen molar-refractivity contribution < 1.29 is 4.79 Å². The van der Waals surface area contributed by atoms with Crippen molar-refractivity contribution in [3.63, 3.8) is 0 Å². The molecule has 0 unspecified atom stereocenters. The van der Waals surface area contributed by atoms with Gasteiger partial charge < -0.3 is 5.73 Å². The maximum atomic E-state index is 11.5. The minimum atomic E-state index is -0.448. The van der Waals surface area contributed by atoms with Gasteiger partial charge in [0.2, 0.25) is 0 Å². The molecule has 0 aliphatic carbocycles. The van der Waals surface area contributed by atoms with Crippen molar-refractivity contribution in [1.82, 2.24) is 4.98 Å². The monoisotopic (exact) mass is 254 g/mol. The second kappa shape index (κ2) is 4.23. The standard InChI is InChI=1S/C14H10N2OS/c15-14(17)10-8-9-4-1-2-5-11(9)16-13(10)12-6-3-7-18-12/h1-8H,(H2,15,17). The summed E-state index contributed by atoms with van der Waals surface area (Å²) in [7, 11) is 0. The Kier molecular flexibility index (Phi) is 2.57. The second-order valence-electron chi connectivity index (χ2n) is 3.92. The van der Waals surface area contributed by atoms with Crippen molar-refractivity contribution in [2.75, 3.05) is 0 Å². The molecule has 1 amide bonds. The highest BCUT2D eigenvalue weighted by molar-refractivity contribution is 7.13. The molecule has 2 N–H and O–H groups in total. The first-order chi connectivity index (χ1) is 8.75. The lowest BCUT2D eigenvalue weighted by Gasteiger charge is -2.06. The fourth-order valence-corrected chi connectivity index (χ4v) is 2.63. The zero-order valence-corrected chi connectivity index (χ0v) is 10.3. The topological polar surface area (TPSA) is 56.0 Å². The van der Waals surface area contributed by atoms with Crippen LogP contribution in [0.2, 0.25) is 0 Å². The molecule has 2 heterocycles. The third kappa shape index (κ3) is 1.76. The van der Waals surface area contributed by atoms with Gasteiger partial charge in [-0.3, -0.25) is 4.79 Å². The zero-order valence-electron chi connectivity index (χ0n) is 9.46. The van der Waals surface area contributed by atoms with Gasteiger partial charge in [-0.25, -0.2) is 4.98 Å². The molecule has 0 atom stereocenters. The predicted molar refractivity (Wildman–Crippen MR) is 73.6 cm³/mol. The van der Waals surface area contributed by atoms with E-state index in [2.05, 4.69) is 4.98 Å². The van der Waals surface area contributed by atoms with Crippen molar-refractivity contribution in [2.45, 2.75) is 0 Å². The molecule has 0 bridgehead atoms. The number of carbonyl (C=O) groups is 1. The molecule has 1 aromatic carbocycles. The van der Waals surface area contributed by atoms with Gasteiger partial charge in [0.25, 0.3) is 5.91 Å².